The molecule has 0 aliphatic heterocycles. The highest BCUT2D eigenvalue weighted by molar-refractivity contribution is 6.24. The van der Waals surface area contributed by atoms with Gasteiger partial charge in [-0.15, -0.1) is 0 Å². The summed E-state index contributed by atoms with van der Waals surface area (Å²) in [5.74, 6) is 0. The maximum Gasteiger partial charge on any atom is 0.159 e. The topological polar surface area (TPSA) is 29.5 Å². The predicted molar refractivity (Wildman–Crippen MR) is 277 cm³/mol. The third-order valence-corrected chi connectivity index (χ3v) is 14.4. The van der Waals surface area contributed by atoms with Gasteiger partial charge in [-0.3, -0.25) is 0 Å². The van der Waals surface area contributed by atoms with E-state index < -0.39 is 0 Å². The van der Waals surface area contributed by atoms with Crippen molar-refractivity contribution < 1.29 is 8.83 Å². The fourth-order valence-corrected chi connectivity index (χ4v) is 11.3. The average Bonchev–Trinajstić information content (AvgIpc) is 4.01. The third kappa shape index (κ3) is 5.26. The summed E-state index contributed by atoms with van der Waals surface area (Å²) in [5.41, 5.74) is 16.1. The van der Waals surface area contributed by atoms with Crippen molar-refractivity contribution >= 4 is 93.3 Å². The van der Waals surface area contributed by atoms with E-state index in [2.05, 4.69) is 219 Å². The van der Waals surface area contributed by atoms with Crippen molar-refractivity contribution in [2.24, 2.45) is 0 Å². The van der Waals surface area contributed by atoms with E-state index in [0.29, 0.717) is 0 Å². The number of hydrogen-bond donors (Lipinski definition) is 0. The molecule has 1 aliphatic rings. The first-order valence-electron chi connectivity index (χ1n) is 22.8. The van der Waals surface area contributed by atoms with E-state index in [4.69, 9.17) is 8.83 Å². The number of fused-ring (bicyclic) bond motifs is 13. The number of hydrogen-bond acceptors (Lipinski definition) is 3. The molecular weight excluding hydrogens is 803 g/mol. The summed E-state index contributed by atoms with van der Waals surface area (Å²) >= 11 is 0. The van der Waals surface area contributed by atoms with Crippen molar-refractivity contribution in [3.05, 3.63) is 223 Å². The smallest absolute Gasteiger partial charge is 0.159 e. The fraction of sp³-hybridized carbons (Fsp3) is 0.0476. The summed E-state index contributed by atoms with van der Waals surface area (Å²) in [4.78, 5) is 2.39. The Morgan fingerprint density at radius 3 is 1.79 bits per heavy atom. The Labute approximate surface area is 381 Å². The van der Waals surface area contributed by atoms with Gasteiger partial charge in [0.1, 0.15) is 16.7 Å². The Morgan fingerprint density at radius 1 is 0.348 bits per heavy atom. The first-order valence-corrected chi connectivity index (χ1v) is 22.8. The molecule has 310 valence electrons. The third-order valence-electron chi connectivity index (χ3n) is 14.4. The van der Waals surface area contributed by atoms with E-state index in [1.165, 1.54) is 60.1 Å². The molecule has 0 spiro atoms. The Morgan fingerprint density at radius 2 is 0.955 bits per heavy atom. The van der Waals surface area contributed by atoms with Crippen LogP contribution in [0.3, 0.4) is 0 Å². The van der Waals surface area contributed by atoms with Gasteiger partial charge < -0.3 is 13.7 Å². The number of nitrogens with zero attached hydrogens (tertiary/aromatic N) is 1. The quantitative estimate of drug-likeness (QED) is 0.162. The van der Waals surface area contributed by atoms with Crippen molar-refractivity contribution in [1.82, 2.24) is 0 Å². The second-order valence-corrected chi connectivity index (χ2v) is 18.4. The van der Waals surface area contributed by atoms with Crippen LogP contribution >= 0.6 is 0 Å². The largest absolute Gasteiger partial charge is 0.455 e. The van der Waals surface area contributed by atoms with Crippen LogP contribution in [0.15, 0.2) is 221 Å². The van der Waals surface area contributed by atoms with Gasteiger partial charge in [-0.2, -0.15) is 0 Å². The van der Waals surface area contributed by atoms with Gasteiger partial charge >= 0.3 is 0 Å². The highest BCUT2D eigenvalue weighted by Gasteiger charge is 2.36. The second kappa shape index (κ2) is 13.8. The number of para-hydroxylation sites is 3. The maximum absolute atomic E-state index is 7.46. The lowest BCUT2D eigenvalue weighted by Crippen LogP contribution is -2.16. The summed E-state index contributed by atoms with van der Waals surface area (Å²) in [5, 5.41) is 11.7. The standard InChI is InChI=1S/C63H41NO2/c1-63(2)55-26-11-9-21-48(55)49-34-33-42(37-56(49)63)64(41-31-29-38(30-32-41)45-23-13-24-51-50-22-10-12-28-58(50)65-60(45)51)57-27-14-25-52-54-36-40-16-4-6-18-44(40)59(62(54)66-61(52)57)53-35-39-15-3-5-17-43(39)46-19-7-8-20-47(46)53/h3-37H,1-2H3. The lowest BCUT2D eigenvalue weighted by Gasteiger charge is -2.28. The Bertz CT molecular complexity index is 4150. The summed E-state index contributed by atoms with van der Waals surface area (Å²) in [7, 11) is 0. The van der Waals surface area contributed by atoms with Crippen molar-refractivity contribution in [3.63, 3.8) is 0 Å². The summed E-state index contributed by atoms with van der Waals surface area (Å²) in [6.45, 7) is 4.70. The van der Waals surface area contributed by atoms with Crippen LogP contribution in [0.1, 0.15) is 25.0 Å². The van der Waals surface area contributed by atoms with Gasteiger partial charge in [0, 0.05) is 49.5 Å². The van der Waals surface area contributed by atoms with E-state index in [0.717, 1.165) is 77.6 Å². The average molecular weight is 844 g/mol. The van der Waals surface area contributed by atoms with Crippen LogP contribution < -0.4 is 4.90 Å². The molecule has 11 aromatic carbocycles. The van der Waals surface area contributed by atoms with E-state index in [1.807, 2.05) is 12.1 Å². The highest BCUT2D eigenvalue weighted by atomic mass is 16.3. The van der Waals surface area contributed by atoms with E-state index in [1.54, 1.807) is 0 Å². The number of furan rings is 2. The second-order valence-electron chi connectivity index (χ2n) is 18.4. The molecule has 0 saturated carbocycles. The summed E-state index contributed by atoms with van der Waals surface area (Å²) in [6.07, 6.45) is 0. The number of rotatable bonds is 5. The monoisotopic (exact) mass is 843 g/mol. The molecule has 0 bridgehead atoms. The lowest BCUT2D eigenvalue weighted by atomic mass is 9.82. The molecule has 66 heavy (non-hydrogen) atoms. The van der Waals surface area contributed by atoms with Crippen LogP contribution in [0, 0.1) is 0 Å². The van der Waals surface area contributed by atoms with Crippen LogP contribution in [0.4, 0.5) is 17.1 Å². The molecule has 3 heteroatoms. The van der Waals surface area contributed by atoms with Gasteiger partial charge in [0.15, 0.2) is 5.58 Å². The van der Waals surface area contributed by atoms with Crippen molar-refractivity contribution in [2.75, 3.05) is 4.90 Å². The van der Waals surface area contributed by atoms with Crippen LogP contribution in [-0.4, -0.2) is 0 Å². The molecule has 13 aromatic rings. The molecule has 2 heterocycles. The highest BCUT2D eigenvalue weighted by Crippen LogP contribution is 2.52. The molecule has 0 radical (unpaired) electrons. The minimum absolute atomic E-state index is 0.175. The van der Waals surface area contributed by atoms with Crippen LogP contribution in [-0.2, 0) is 5.41 Å². The van der Waals surface area contributed by atoms with E-state index in [-0.39, 0.29) is 5.41 Å². The van der Waals surface area contributed by atoms with Crippen LogP contribution in [0.2, 0.25) is 0 Å². The van der Waals surface area contributed by atoms with Gasteiger partial charge in [0.25, 0.3) is 0 Å². The Hall–Kier alpha value is -8.40. The lowest BCUT2D eigenvalue weighted by molar-refractivity contribution is 0.660. The summed E-state index contributed by atoms with van der Waals surface area (Å²) in [6, 6.07) is 77.1. The van der Waals surface area contributed by atoms with Gasteiger partial charge in [0.05, 0.1) is 5.69 Å². The Balaban J connectivity index is 1.02. The molecule has 1 aliphatic carbocycles. The van der Waals surface area contributed by atoms with Gasteiger partial charge in [-0.25, -0.2) is 0 Å². The van der Waals surface area contributed by atoms with Gasteiger partial charge in [0.2, 0.25) is 0 Å². The minimum atomic E-state index is -0.175. The number of benzene rings is 11. The molecule has 2 aromatic heterocycles. The first kappa shape index (κ1) is 37.0. The zero-order valence-electron chi connectivity index (χ0n) is 36.5. The SMILES string of the molecule is CC1(C)c2ccccc2-c2ccc(N(c3ccc(-c4cccc5c4oc4ccccc45)cc3)c3cccc4c3oc3c(-c5cc6ccccc6c6ccccc56)c5ccccc5cc34)cc21. The number of anilines is 3. The van der Waals surface area contributed by atoms with Crippen molar-refractivity contribution in [2.45, 2.75) is 19.3 Å². The van der Waals surface area contributed by atoms with Crippen LogP contribution in [0.5, 0.6) is 0 Å². The molecule has 0 fully saturated rings. The zero-order valence-corrected chi connectivity index (χ0v) is 36.5. The van der Waals surface area contributed by atoms with E-state index in [9.17, 15) is 0 Å². The molecule has 0 saturated heterocycles. The molecule has 0 atom stereocenters. The normalized spacial score (nSPS) is 13.1. The maximum atomic E-state index is 7.46. The van der Waals surface area contributed by atoms with Gasteiger partial charge in [-0.05, 0) is 114 Å². The predicted octanol–water partition coefficient (Wildman–Crippen LogP) is 18.1. The van der Waals surface area contributed by atoms with Crippen LogP contribution in [0.25, 0.3) is 110 Å². The molecular formula is C63H41NO2. The fourth-order valence-electron chi connectivity index (χ4n) is 11.3. The first-order chi connectivity index (χ1) is 32.5. The van der Waals surface area contributed by atoms with Gasteiger partial charge in [-0.1, -0.05) is 178 Å². The molecule has 0 N–H and O–H groups in total. The van der Waals surface area contributed by atoms with Crippen molar-refractivity contribution in [1.29, 1.82) is 0 Å². The zero-order chi connectivity index (χ0) is 43.7. The molecule has 0 amide bonds. The minimum Gasteiger partial charge on any atom is -0.455 e. The Kier molecular flexibility index (Phi) is 7.74. The molecule has 3 nitrogen and oxygen atoms in total. The molecule has 14 rings (SSSR count). The van der Waals surface area contributed by atoms with E-state index >= 15 is 0 Å². The summed E-state index contributed by atoms with van der Waals surface area (Å²) < 4.78 is 14.0. The molecule has 0 unspecified atom stereocenters. The van der Waals surface area contributed by atoms with Crippen molar-refractivity contribution in [3.8, 4) is 33.4 Å².